The molecule has 0 aromatic carbocycles. The molecule has 0 radical (unpaired) electrons. The second-order valence-electron chi connectivity index (χ2n) is 4.87. The van der Waals surface area contributed by atoms with Crippen molar-refractivity contribution in [3.63, 3.8) is 0 Å². The summed E-state index contributed by atoms with van der Waals surface area (Å²) in [7, 11) is 0. The third-order valence-corrected chi connectivity index (χ3v) is 9.96. The summed E-state index contributed by atoms with van der Waals surface area (Å²) in [5.74, 6) is 0. The van der Waals surface area contributed by atoms with Gasteiger partial charge in [-0.1, -0.05) is 0 Å². The van der Waals surface area contributed by atoms with Crippen molar-refractivity contribution in [2.75, 3.05) is 4.43 Å². The molecule has 0 N–H and O–H groups in total. The summed E-state index contributed by atoms with van der Waals surface area (Å²) in [6.45, 7) is 8.61. The Morgan fingerprint density at radius 3 is 2.33 bits per heavy atom. The SMILES string of the molecule is CC1(C)OC2I3CC23OC1(C)C. The number of hydrogen-bond acceptors (Lipinski definition) is 2. The third-order valence-electron chi connectivity index (χ3n) is 3.46. The Bertz CT molecular complexity index is 261. The van der Waals surface area contributed by atoms with E-state index in [1.165, 1.54) is 4.43 Å². The predicted octanol–water partition coefficient (Wildman–Crippen LogP) is 2.15. The number of ether oxygens (including phenoxy) is 2. The fraction of sp³-hybridized carbons (Fsp3) is 1.00. The second kappa shape index (κ2) is 1.73. The van der Waals surface area contributed by atoms with Gasteiger partial charge in [0.15, 0.2) is 0 Å². The van der Waals surface area contributed by atoms with Crippen molar-refractivity contribution in [2.45, 2.75) is 46.6 Å². The Hall–Kier alpha value is 0.650. The third kappa shape index (κ3) is 0.700. The number of fused-ring (bicyclic) bond motifs is 1. The summed E-state index contributed by atoms with van der Waals surface area (Å²) < 4.78 is 14.5. The maximum atomic E-state index is 6.17. The normalized spacial score (nSPS) is 54.0. The van der Waals surface area contributed by atoms with Crippen LogP contribution in [0.3, 0.4) is 0 Å². The molecule has 3 aliphatic rings. The van der Waals surface area contributed by atoms with Crippen molar-refractivity contribution in [1.82, 2.24) is 0 Å². The first-order chi connectivity index (χ1) is 5.39. The van der Waals surface area contributed by atoms with E-state index in [2.05, 4.69) is 27.7 Å². The molecular weight excluding hydrogens is 267 g/mol. The van der Waals surface area contributed by atoms with Gasteiger partial charge in [0.2, 0.25) is 0 Å². The molecule has 0 aromatic rings. The molecule has 3 aliphatic heterocycles. The first-order valence-corrected chi connectivity index (χ1v) is 8.26. The van der Waals surface area contributed by atoms with Crippen LogP contribution in [-0.2, 0) is 9.47 Å². The van der Waals surface area contributed by atoms with Gasteiger partial charge in [0.05, 0.1) is 0 Å². The summed E-state index contributed by atoms with van der Waals surface area (Å²) in [6.07, 6.45) is 0. The first kappa shape index (κ1) is 8.00. The molecule has 2 nitrogen and oxygen atoms in total. The van der Waals surface area contributed by atoms with Gasteiger partial charge >= 0.3 is 80.3 Å². The van der Waals surface area contributed by atoms with Gasteiger partial charge in [-0.2, -0.15) is 0 Å². The van der Waals surface area contributed by atoms with Crippen LogP contribution in [-0.4, -0.2) is 23.3 Å². The van der Waals surface area contributed by atoms with Gasteiger partial charge in [-0.05, 0) is 0 Å². The Balaban J connectivity index is 1.92. The van der Waals surface area contributed by atoms with Gasteiger partial charge in [0.1, 0.15) is 0 Å². The van der Waals surface area contributed by atoms with Gasteiger partial charge in [0, 0.05) is 0 Å². The molecule has 1 spiro atoms. The van der Waals surface area contributed by atoms with Crippen LogP contribution in [0.2, 0.25) is 0 Å². The van der Waals surface area contributed by atoms with E-state index < -0.39 is 19.8 Å². The van der Waals surface area contributed by atoms with Gasteiger partial charge in [-0.3, -0.25) is 0 Å². The van der Waals surface area contributed by atoms with Crippen molar-refractivity contribution < 1.29 is 9.47 Å². The fourth-order valence-electron chi connectivity index (χ4n) is 1.71. The maximum absolute atomic E-state index is 6.17. The molecule has 0 saturated carbocycles. The molecule has 3 rings (SSSR count). The number of rotatable bonds is 0. The standard InChI is InChI=1S/C9H15IO2/c1-7(2)8(3,4)12-9-5-10(9)6(9)11-7/h6H,5H2,1-4H3. The van der Waals surface area contributed by atoms with Crippen molar-refractivity contribution in [3.8, 4) is 0 Å². The van der Waals surface area contributed by atoms with Gasteiger partial charge < -0.3 is 0 Å². The summed E-state index contributed by atoms with van der Waals surface area (Å²) in [5.41, 5.74) is -0.181. The van der Waals surface area contributed by atoms with Crippen LogP contribution >= 0.6 is 19.8 Å². The Morgan fingerprint density at radius 1 is 1.17 bits per heavy atom. The quantitative estimate of drug-likeness (QED) is 0.500. The van der Waals surface area contributed by atoms with E-state index in [0.717, 1.165) is 0 Å². The Kier molecular flexibility index (Phi) is 1.15. The van der Waals surface area contributed by atoms with Crippen LogP contribution in [0.25, 0.3) is 0 Å². The van der Waals surface area contributed by atoms with Crippen molar-refractivity contribution in [1.29, 1.82) is 0 Å². The van der Waals surface area contributed by atoms with Crippen LogP contribution < -0.4 is 0 Å². The molecule has 70 valence electrons. The summed E-state index contributed by atoms with van der Waals surface area (Å²) >= 11 is -0.680. The molecule has 2 atom stereocenters. The van der Waals surface area contributed by atoms with Crippen LogP contribution in [0.4, 0.5) is 0 Å². The Labute approximate surface area is 80.4 Å². The molecule has 12 heavy (non-hydrogen) atoms. The zero-order valence-corrected chi connectivity index (χ0v) is 10.1. The van der Waals surface area contributed by atoms with E-state index in [1.54, 1.807) is 0 Å². The molecule has 3 saturated heterocycles. The minimum atomic E-state index is -0.680. The zero-order chi connectivity index (χ0) is 8.78. The topological polar surface area (TPSA) is 18.5 Å². The van der Waals surface area contributed by atoms with E-state index in [4.69, 9.17) is 9.47 Å². The van der Waals surface area contributed by atoms with Crippen LogP contribution in [0, 0.1) is 0 Å². The molecule has 0 bridgehead atoms. The zero-order valence-electron chi connectivity index (χ0n) is 7.98. The van der Waals surface area contributed by atoms with E-state index >= 15 is 0 Å². The molecule has 0 aliphatic carbocycles. The molecule has 3 heteroatoms. The molecule has 3 heterocycles. The number of halogens is 1. The van der Waals surface area contributed by atoms with Gasteiger partial charge in [0.25, 0.3) is 0 Å². The summed E-state index contributed by atoms with van der Waals surface area (Å²) in [6, 6.07) is 0. The molecule has 0 amide bonds. The van der Waals surface area contributed by atoms with Crippen molar-refractivity contribution >= 4 is 19.8 Å². The van der Waals surface area contributed by atoms with Gasteiger partial charge in [-0.25, -0.2) is 0 Å². The average Bonchev–Trinajstić information content (AvgIpc) is 2.68. The van der Waals surface area contributed by atoms with Crippen molar-refractivity contribution in [2.24, 2.45) is 0 Å². The molecule has 3 fully saturated rings. The van der Waals surface area contributed by atoms with Gasteiger partial charge in [-0.15, -0.1) is 0 Å². The first-order valence-electron chi connectivity index (χ1n) is 4.41. The van der Waals surface area contributed by atoms with E-state index in [1.807, 2.05) is 0 Å². The minimum absolute atomic E-state index is 0.0895. The predicted molar refractivity (Wildman–Crippen MR) is 55.7 cm³/mol. The van der Waals surface area contributed by atoms with E-state index in [9.17, 15) is 0 Å². The van der Waals surface area contributed by atoms with E-state index in [-0.39, 0.29) is 11.2 Å². The summed E-state index contributed by atoms with van der Waals surface area (Å²) in [5, 5.41) is 0. The molecular formula is C9H15IO2. The average molecular weight is 282 g/mol. The van der Waals surface area contributed by atoms with Crippen LogP contribution in [0.15, 0.2) is 0 Å². The number of alkyl halides is 3. The molecule has 0 aromatic heterocycles. The summed E-state index contributed by atoms with van der Waals surface area (Å²) in [4.78, 5) is 0. The monoisotopic (exact) mass is 282 g/mol. The Morgan fingerprint density at radius 2 is 1.83 bits per heavy atom. The second-order valence-corrected chi connectivity index (χ2v) is 10.9. The van der Waals surface area contributed by atoms with Crippen LogP contribution in [0.1, 0.15) is 27.7 Å². The molecule has 2 unspecified atom stereocenters. The van der Waals surface area contributed by atoms with Crippen LogP contribution in [0.5, 0.6) is 0 Å². The van der Waals surface area contributed by atoms with Crippen molar-refractivity contribution in [3.05, 3.63) is 0 Å². The van der Waals surface area contributed by atoms with E-state index in [0.29, 0.717) is 7.72 Å². The number of hydrogen-bond donors (Lipinski definition) is 0. The fourth-order valence-corrected chi connectivity index (χ4v) is 8.95.